The van der Waals surface area contributed by atoms with E-state index in [9.17, 15) is 17.9 Å². The largest absolute Gasteiger partial charge is 0.396 e. The lowest BCUT2D eigenvalue weighted by Crippen LogP contribution is -2.23. The number of sulfone groups is 1. The van der Waals surface area contributed by atoms with Crippen LogP contribution < -0.4 is 0 Å². The van der Waals surface area contributed by atoms with Gasteiger partial charge in [0.2, 0.25) is 0 Å². The average Bonchev–Trinajstić information content (AvgIpc) is 2.94. The summed E-state index contributed by atoms with van der Waals surface area (Å²) in [7, 11) is -3.45. The van der Waals surface area contributed by atoms with Crippen LogP contribution in [0.2, 0.25) is 5.02 Å². The predicted octanol–water partition coefficient (Wildman–Crippen LogP) is 3.98. The van der Waals surface area contributed by atoms with Crippen molar-refractivity contribution in [3.63, 3.8) is 0 Å². The van der Waals surface area contributed by atoms with E-state index in [1.807, 2.05) is 18.2 Å². The fraction of sp³-hybridized carbons (Fsp3) is 0.333. The van der Waals surface area contributed by atoms with Crippen LogP contribution >= 0.6 is 11.6 Å². The van der Waals surface area contributed by atoms with Crippen molar-refractivity contribution >= 4 is 32.3 Å². The molecule has 0 saturated carbocycles. The minimum atomic E-state index is -3.45. The Morgan fingerprint density at radius 2 is 2.04 bits per heavy atom. The molecule has 0 saturated heterocycles. The van der Waals surface area contributed by atoms with Crippen LogP contribution in [0.3, 0.4) is 0 Å². The van der Waals surface area contributed by atoms with Gasteiger partial charge in [-0.05, 0) is 54.3 Å². The van der Waals surface area contributed by atoms with Crippen LogP contribution in [0, 0.1) is 11.7 Å². The summed E-state index contributed by atoms with van der Waals surface area (Å²) in [4.78, 5) is -0.0219. The lowest BCUT2D eigenvalue weighted by Gasteiger charge is -2.24. The quantitative estimate of drug-likeness (QED) is 0.693. The van der Waals surface area contributed by atoms with E-state index in [1.165, 1.54) is 6.07 Å². The molecule has 4 nitrogen and oxygen atoms in total. The highest BCUT2D eigenvalue weighted by atomic mass is 35.5. The van der Waals surface area contributed by atoms with E-state index >= 15 is 0 Å². The van der Waals surface area contributed by atoms with Gasteiger partial charge in [-0.25, -0.2) is 12.8 Å². The lowest BCUT2D eigenvalue weighted by atomic mass is 9.94. The molecule has 1 aliphatic rings. The van der Waals surface area contributed by atoms with Gasteiger partial charge in [0.1, 0.15) is 5.82 Å². The maximum atomic E-state index is 14.7. The smallest absolute Gasteiger partial charge is 0.175 e. The molecule has 0 radical (unpaired) electrons. The van der Waals surface area contributed by atoms with Crippen molar-refractivity contribution < 1.29 is 17.9 Å². The van der Waals surface area contributed by atoms with Crippen LogP contribution in [0.4, 0.5) is 4.39 Å². The zero-order chi connectivity index (χ0) is 20.1. The number of halogens is 2. The van der Waals surface area contributed by atoms with Gasteiger partial charge in [0.05, 0.1) is 4.90 Å². The van der Waals surface area contributed by atoms with Gasteiger partial charge < -0.3 is 9.67 Å². The van der Waals surface area contributed by atoms with E-state index in [-0.39, 0.29) is 17.4 Å². The summed E-state index contributed by atoms with van der Waals surface area (Å²) in [5, 5.41) is 11.2. The van der Waals surface area contributed by atoms with Gasteiger partial charge in [-0.3, -0.25) is 0 Å². The highest BCUT2D eigenvalue weighted by molar-refractivity contribution is 7.90. The zero-order valence-electron chi connectivity index (χ0n) is 15.5. The zero-order valence-corrected chi connectivity index (χ0v) is 17.0. The number of rotatable bonds is 4. The Labute approximate surface area is 168 Å². The minimum absolute atomic E-state index is 0.0219. The molecule has 1 aliphatic heterocycles. The molecule has 148 valence electrons. The topological polar surface area (TPSA) is 59.3 Å². The van der Waals surface area contributed by atoms with Gasteiger partial charge in [-0.1, -0.05) is 17.7 Å². The minimum Gasteiger partial charge on any atom is -0.396 e. The highest BCUT2D eigenvalue weighted by Gasteiger charge is 2.25. The molecule has 1 aromatic heterocycles. The molecule has 0 fully saturated rings. The fourth-order valence-electron chi connectivity index (χ4n) is 4.07. The van der Waals surface area contributed by atoms with E-state index in [0.29, 0.717) is 17.0 Å². The molecule has 0 aliphatic carbocycles. The Morgan fingerprint density at radius 3 is 2.71 bits per heavy atom. The SMILES string of the molecule is CS(=O)(=O)c1ccc(Cc2c3n(c4ccc(Cl)cc24)CC(CO)CC3)c(F)c1. The average molecular weight is 422 g/mol. The third-order valence-corrected chi connectivity index (χ3v) is 6.90. The highest BCUT2D eigenvalue weighted by Crippen LogP contribution is 2.35. The molecular formula is C21H21ClFNO3S. The van der Waals surface area contributed by atoms with Gasteiger partial charge in [0.25, 0.3) is 0 Å². The Bertz CT molecular complexity index is 1170. The first-order valence-corrected chi connectivity index (χ1v) is 11.4. The fourth-order valence-corrected chi connectivity index (χ4v) is 4.88. The van der Waals surface area contributed by atoms with E-state index in [0.717, 1.165) is 53.9 Å². The molecule has 3 aromatic rings. The lowest BCUT2D eigenvalue weighted by molar-refractivity contribution is 0.193. The molecule has 0 spiro atoms. The summed E-state index contributed by atoms with van der Waals surface area (Å²) in [6.45, 7) is 0.864. The van der Waals surface area contributed by atoms with Crippen LogP contribution in [-0.2, 0) is 29.2 Å². The van der Waals surface area contributed by atoms with E-state index in [1.54, 1.807) is 6.07 Å². The maximum absolute atomic E-state index is 14.7. The summed E-state index contributed by atoms with van der Waals surface area (Å²) >= 11 is 6.23. The van der Waals surface area contributed by atoms with Crippen molar-refractivity contribution in [3.05, 3.63) is 64.1 Å². The summed E-state index contributed by atoms with van der Waals surface area (Å²) < 4.78 is 40.2. The number of nitrogens with zero attached hydrogens (tertiary/aromatic N) is 1. The van der Waals surface area contributed by atoms with Gasteiger partial charge in [-0.15, -0.1) is 0 Å². The van der Waals surface area contributed by atoms with Crippen molar-refractivity contribution in [1.29, 1.82) is 0 Å². The third-order valence-electron chi connectivity index (χ3n) is 5.56. The van der Waals surface area contributed by atoms with Crippen molar-refractivity contribution in [2.75, 3.05) is 12.9 Å². The van der Waals surface area contributed by atoms with Crippen LogP contribution in [0.5, 0.6) is 0 Å². The molecule has 2 heterocycles. The molecule has 28 heavy (non-hydrogen) atoms. The number of hydrogen-bond acceptors (Lipinski definition) is 3. The van der Waals surface area contributed by atoms with E-state index in [2.05, 4.69) is 4.57 Å². The normalized spacial score (nSPS) is 17.1. The van der Waals surface area contributed by atoms with Crippen LogP contribution in [0.25, 0.3) is 10.9 Å². The Balaban J connectivity index is 1.82. The Kier molecular flexibility index (Phi) is 4.98. The second kappa shape index (κ2) is 7.17. The first-order valence-electron chi connectivity index (χ1n) is 9.16. The summed E-state index contributed by atoms with van der Waals surface area (Å²) in [5.74, 6) is -0.320. The second-order valence-electron chi connectivity index (χ2n) is 7.49. The maximum Gasteiger partial charge on any atom is 0.175 e. The molecule has 1 atom stereocenters. The Morgan fingerprint density at radius 1 is 1.25 bits per heavy atom. The standard InChI is InChI=1S/C21H21ClFNO3S/c1-28(26,27)16-5-3-14(19(23)10-16)8-17-18-9-15(22)4-7-21(18)24-11-13(12-25)2-6-20(17)24/h3-5,7,9-10,13,25H,2,6,8,11-12H2,1H3. The van der Waals surface area contributed by atoms with E-state index < -0.39 is 15.7 Å². The van der Waals surface area contributed by atoms with Gasteiger partial charge in [0, 0.05) is 53.4 Å². The monoisotopic (exact) mass is 421 g/mol. The number of aromatic nitrogens is 1. The Hall–Kier alpha value is -1.89. The second-order valence-corrected chi connectivity index (χ2v) is 9.94. The number of aliphatic hydroxyl groups excluding tert-OH is 1. The molecule has 1 N–H and O–H groups in total. The summed E-state index contributed by atoms with van der Waals surface area (Å²) in [6.07, 6.45) is 3.11. The van der Waals surface area contributed by atoms with Crippen molar-refractivity contribution in [2.24, 2.45) is 5.92 Å². The van der Waals surface area contributed by atoms with Crippen LogP contribution in [-0.4, -0.2) is 31.0 Å². The first-order chi connectivity index (χ1) is 13.3. The first kappa shape index (κ1) is 19.4. The van der Waals surface area contributed by atoms with Gasteiger partial charge in [0.15, 0.2) is 9.84 Å². The van der Waals surface area contributed by atoms with E-state index in [4.69, 9.17) is 11.6 Å². The van der Waals surface area contributed by atoms with Crippen molar-refractivity contribution in [2.45, 2.75) is 30.7 Å². The molecule has 0 bridgehead atoms. The predicted molar refractivity (Wildman–Crippen MR) is 108 cm³/mol. The summed E-state index contributed by atoms with van der Waals surface area (Å²) in [5.41, 5.74) is 3.63. The number of hydrogen-bond donors (Lipinski definition) is 1. The molecule has 1 unspecified atom stereocenters. The number of fused-ring (bicyclic) bond motifs is 3. The van der Waals surface area contributed by atoms with Gasteiger partial charge in [-0.2, -0.15) is 0 Å². The molecule has 4 rings (SSSR count). The van der Waals surface area contributed by atoms with Crippen LogP contribution in [0.1, 0.15) is 23.2 Å². The summed E-state index contributed by atoms with van der Waals surface area (Å²) in [6, 6.07) is 9.79. The van der Waals surface area contributed by atoms with Crippen LogP contribution in [0.15, 0.2) is 41.3 Å². The van der Waals surface area contributed by atoms with Gasteiger partial charge >= 0.3 is 0 Å². The number of aliphatic hydroxyl groups is 1. The molecule has 2 aromatic carbocycles. The third kappa shape index (κ3) is 3.45. The van der Waals surface area contributed by atoms with Crippen molar-refractivity contribution in [3.8, 4) is 0 Å². The molecule has 7 heteroatoms. The van der Waals surface area contributed by atoms with Crippen molar-refractivity contribution in [1.82, 2.24) is 4.57 Å². The number of benzene rings is 2. The molecular weight excluding hydrogens is 401 g/mol. The molecule has 0 amide bonds.